The Balaban J connectivity index is 2.07. The number of ether oxygens (including phenoxy) is 2. The van der Waals surface area contributed by atoms with Crippen molar-refractivity contribution in [1.82, 2.24) is 0 Å². The van der Waals surface area contributed by atoms with Gasteiger partial charge in [0.25, 0.3) is 0 Å². The molecule has 0 aliphatic heterocycles. The van der Waals surface area contributed by atoms with Crippen molar-refractivity contribution in [1.29, 1.82) is 0 Å². The first kappa shape index (κ1) is 14.4. The molecule has 0 aromatic heterocycles. The summed E-state index contributed by atoms with van der Waals surface area (Å²) in [5.41, 5.74) is 3.05. The van der Waals surface area contributed by atoms with Crippen LogP contribution in [0.1, 0.15) is 22.8 Å². The molecule has 0 radical (unpaired) electrons. The summed E-state index contributed by atoms with van der Waals surface area (Å²) in [6.45, 7) is 4.17. The molecular formula is C17H20O3. The number of aryl methyl sites for hydroxylation is 2. The molecule has 0 bridgehead atoms. The van der Waals surface area contributed by atoms with Gasteiger partial charge in [-0.25, -0.2) is 0 Å². The van der Waals surface area contributed by atoms with Crippen molar-refractivity contribution in [3.63, 3.8) is 0 Å². The van der Waals surface area contributed by atoms with Crippen molar-refractivity contribution >= 4 is 0 Å². The summed E-state index contributed by atoms with van der Waals surface area (Å²) in [7, 11) is 1.61. The highest BCUT2D eigenvalue weighted by atomic mass is 16.5. The third-order valence-electron chi connectivity index (χ3n) is 3.26. The van der Waals surface area contributed by atoms with Crippen LogP contribution in [0, 0.1) is 13.8 Å². The summed E-state index contributed by atoms with van der Waals surface area (Å²) in [6.07, 6.45) is -0.651. The van der Waals surface area contributed by atoms with E-state index in [1.54, 1.807) is 7.11 Å². The molecule has 0 saturated carbocycles. The van der Waals surface area contributed by atoms with E-state index in [1.807, 2.05) is 56.3 Å². The predicted octanol–water partition coefficient (Wildman–Crippen LogP) is 3.42. The monoisotopic (exact) mass is 272 g/mol. The second kappa shape index (κ2) is 6.44. The molecule has 2 aromatic rings. The van der Waals surface area contributed by atoms with Gasteiger partial charge in [0.1, 0.15) is 12.7 Å². The number of aliphatic hydroxyl groups excluding tert-OH is 1. The van der Waals surface area contributed by atoms with E-state index in [1.165, 1.54) is 0 Å². The van der Waals surface area contributed by atoms with Crippen molar-refractivity contribution < 1.29 is 14.6 Å². The average Bonchev–Trinajstić information content (AvgIpc) is 2.46. The van der Waals surface area contributed by atoms with E-state index in [9.17, 15) is 5.11 Å². The second-order valence-corrected chi connectivity index (χ2v) is 4.84. The third-order valence-corrected chi connectivity index (χ3v) is 3.26. The number of methoxy groups -OCH3 is 1. The molecule has 0 saturated heterocycles. The van der Waals surface area contributed by atoms with E-state index in [4.69, 9.17) is 9.47 Å². The van der Waals surface area contributed by atoms with Crippen LogP contribution in [-0.4, -0.2) is 18.8 Å². The molecule has 1 unspecified atom stereocenters. The van der Waals surface area contributed by atoms with E-state index in [2.05, 4.69) is 0 Å². The Bertz CT molecular complexity index is 578. The Morgan fingerprint density at radius 3 is 2.50 bits per heavy atom. The van der Waals surface area contributed by atoms with Gasteiger partial charge in [-0.05, 0) is 42.7 Å². The van der Waals surface area contributed by atoms with Gasteiger partial charge in [0.15, 0.2) is 11.5 Å². The molecule has 1 N–H and O–H groups in total. The minimum atomic E-state index is -0.651. The first-order chi connectivity index (χ1) is 9.61. The van der Waals surface area contributed by atoms with Crippen molar-refractivity contribution in [2.75, 3.05) is 13.7 Å². The van der Waals surface area contributed by atoms with Crippen LogP contribution in [0.4, 0.5) is 0 Å². The summed E-state index contributed by atoms with van der Waals surface area (Å²) >= 11 is 0. The summed E-state index contributed by atoms with van der Waals surface area (Å²) in [5.74, 6) is 1.33. The van der Waals surface area contributed by atoms with Gasteiger partial charge in [-0.15, -0.1) is 0 Å². The zero-order valence-corrected chi connectivity index (χ0v) is 12.1. The Morgan fingerprint density at radius 1 is 1.05 bits per heavy atom. The van der Waals surface area contributed by atoms with Gasteiger partial charge in [-0.2, -0.15) is 0 Å². The zero-order chi connectivity index (χ0) is 14.5. The smallest absolute Gasteiger partial charge is 0.161 e. The average molecular weight is 272 g/mol. The highest BCUT2D eigenvalue weighted by Crippen LogP contribution is 2.29. The van der Waals surface area contributed by atoms with Crippen LogP contribution >= 0.6 is 0 Å². The second-order valence-electron chi connectivity index (χ2n) is 4.84. The van der Waals surface area contributed by atoms with E-state index >= 15 is 0 Å². The molecule has 0 aliphatic carbocycles. The lowest BCUT2D eigenvalue weighted by atomic mass is 10.0. The van der Waals surface area contributed by atoms with Crippen LogP contribution < -0.4 is 9.47 Å². The predicted molar refractivity (Wildman–Crippen MR) is 79.4 cm³/mol. The Labute approximate surface area is 119 Å². The van der Waals surface area contributed by atoms with Gasteiger partial charge in [0, 0.05) is 0 Å². The molecule has 0 fully saturated rings. The molecule has 2 aromatic carbocycles. The molecule has 20 heavy (non-hydrogen) atoms. The largest absolute Gasteiger partial charge is 0.493 e. The highest BCUT2D eigenvalue weighted by molar-refractivity contribution is 5.42. The molecule has 106 valence electrons. The minimum absolute atomic E-state index is 0.199. The quantitative estimate of drug-likeness (QED) is 0.906. The third kappa shape index (κ3) is 3.31. The van der Waals surface area contributed by atoms with Crippen molar-refractivity contribution in [2.24, 2.45) is 0 Å². The topological polar surface area (TPSA) is 38.7 Å². The fourth-order valence-electron chi connectivity index (χ4n) is 2.11. The SMILES string of the molecule is COc1cc(C)ccc1OCC(O)c1ccccc1C. The summed E-state index contributed by atoms with van der Waals surface area (Å²) < 4.78 is 11.0. The molecule has 0 amide bonds. The number of benzene rings is 2. The lowest BCUT2D eigenvalue weighted by Gasteiger charge is -2.16. The Morgan fingerprint density at radius 2 is 1.80 bits per heavy atom. The lowest BCUT2D eigenvalue weighted by Crippen LogP contribution is -2.11. The lowest BCUT2D eigenvalue weighted by molar-refractivity contribution is 0.106. The standard InChI is InChI=1S/C17H20O3/c1-12-8-9-16(17(10-12)19-3)20-11-15(18)14-7-5-4-6-13(14)2/h4-10,15,18H,11H2,1-3H3. The zero-order valence-electron chi connectivity index (χ0n) is 12.1. The minimum Gasteiger partial charge on any atom is -0.493 e. The molecule has 3 nitrogen and oxygen atoms in total. The Hall–Kier alpha value is -2.00. The maximum absolute atomic E-state index is 10.2. The number of hydrogen-bond acceptors (Lipinski definition) is 3. The summed E-state index contributed by atoms with van der Waals surface area (Å²) in [5, 5.41) is 10.2. The normalized spacial score (nSPS) is 12.0. The van der Waals surface area contributed by atoms with Crippen LogP contribution in [-0.2, 0) is 0 Å². The number of rotatable bonds is 5. The Kier molecular flexibility index (Phi) is 4.64. The van der Waals surface area contributed by atoms with Crippen LogP contribution in [0.25, 0.3) is 0 Å². The van der Waals surface area contributed by atoms with Crippen LogP contribution in [0.3, 0.4) is 0 Å². The summed E-state index contributed by atoms with van der Waals surface area (Å²) in [4.78, 5) is 0. The maximum atomic E-state index is 10.2. The fourth-order valence-corrected chi connectivity index (χ4v) is 2.11. The van der Waals surface area contributed by atoms with Crippen molar-refractivity contribution in [2.45, 2.75) is 20.0 Å². The van der Waals surface area contributed by atoms with Crippen molar-refractivity contribution in [3.05, 3.63) is 59.2 Å². The van der Waals surface area contributed by atoms with Crippen molar-refractivity contribution in [3.8, 4) is 11.5 Å². The van der Waals surface area contributed by atoms with Gasteiger partial charge in [0.2, 0.25) is 0 Å². The highest BCUT2D eigenvalue weighted by Gasteiger charge is 2.12. The van der Waals surface area contributed by atoms with Crippen LogP contribution in [0.5, 0.6) is 11.5 Å². The van der Waals surface area contributed by atoms with Gasteiger partial charge in [-0.1, -0.05) is 30.3 Å². The van der Waals surface area contributed by atoms with E-state index < -0.39 is 6.10 Å². The van der Waals surface area contributed by atoms with Crippen LogP contribution in [0.15, 0.2) is 42.5 Å². The number of aliphatic hydroxyl groups is 1. The first-order valence-corrected chi connectivity index (χ1v) is 6.63. The van der Waals surface area contributed by atoms with Gasteiger partial charge < -0.3 is 14.6 Å². The van der Waals surface area contributed by atoms with E-state index in [-0.39, 0.29) is 6.61 Å². The fraction of sp³-hybridized carbons (Fsp3) is 0.294. The molecule has 0 aliphatic rings. The van der Waals surface area contributed by atoms with Gasteiger partial charge in [0.05, 0.1) is 7.11 Å². The van der Waals surface area contributed by atoms with E-state index in [0.29, 0.717) is 11.5 Å². The molecular weight excluding hydrogens is 252 g/mol. The van der Waals surface area contributed by atoms with Gasteiger partial charge in [-0.3, -0.25) is 0 Å². The molecule has 2 rings (SSSR count). The number of hydrogen-bond donors (Lipinski definition) is 1. The molecule has 1 atom stereocenters. The molecule has 0 spiro atoms. The molecule has 0 heterocycles. The molecule has 3 heteroatoms. The van der Waals surface area contributed by atoms with Crippen LogP contribution in [0.2, 0.25) is 0 Å². The first-order valence-electron chi connectivity index (χ1n) is 6.63. The van der Waals surface area contributed by atoms with Gasteiger partial charge >= 0.3 is 0 Å². The summed E-state index contributed by atoms with van der Waals surface area (Å²) in [6, 6.07) is 13.5. The maximum Gasteiger partial charge on any atom is 0.161 e. The van der Waals surface area contributed by atoms with E-state index in [0.717, 1.165) is 16.7 Å².